The first kappa shape index (κ1) is 23.6. The Morgan fingerprint density at radius 1 is 1.28 bits per heavy atom. The van der Waals surface area contributed by atoms with Gasteiger partial charge in [-0.3, -0.25) is 5.41 Å². The van der Waals surface area contributed by atoms with E-state index in [4.69, 9.17) is 34.3 Å². The zero-order valence-corrected chi connectivity index (χ0v) is 21.9. The van der Waals surface area contributed by atoms with Crippen LogP contribution in [0.25, 0.3) is 11.0 Å². The molecule has 32 heavy (non-hydrogen) atoms. The molecule has 4 aromatic rings. The molecule has 3 N–H and O–H groups in total. The van der Waals surface area contributed by atoms with Crippen LogP contribution in [0.1, 0.15) is 10.4 Å². The number of imidazole rings is 1. The standard InChI is InChI=1S/C20H15BrCl2N4O2S3/c1-30-20-17(7-16(31-20)19(24)25)32(28,29)12-5-13(21)18-15(6-12)26-9-27(18)8-10-4-11(22)2-3-14(10)23/h2-7,9H,8H2,1H3,(H3,24,25). The maximum absolute atomic E-state index is 13.4. The molecule has 0 radical (unpaired) electrons. The maximum atomic E-state index is 13.4. The Hall–Kier alpha value is -1.56. The summed E-state index contributed by atoms with van der Waals surface area (Å²) in [5.74, 6) is -0.165. The van der Waals surface area contributed by atoms with Gasteiger partial charge in [0.2, 0.25) is 9.84 Å². The molecule has 0 spiro atoms. The normalized spacial score (nSPS) is 11.9. The quantitative estimate of drug-likeness (QED) is 0.162. The monoisotopic (exact) mass is 588 g/mol. The van der Waals surface area contributed by atoms with E-state index in [0.29, 0.717) is 35.7 Å². The van der Waals surface area contributed by atoms with Gasteiger partial charge in [0.05, 0.1) is 42.8 Å². The van der Waals surface area contributed by atoms with Crippen molar-refractivity contribution in [2.45, 2.75) is 20.5 Å². The van der Waals surface area contributed by atoms with E-state index < -0.39 is 9.84 Å². The average molecular weight is 590 g/mol. The largest absolute Gasteiger partial charge is 0.383 e. The van der Waals surface area contributed by atoms with Crippen molar-refractivity contribution < 1.29 is 8.42 Å². The van der Waals surface area contributed by atoms with Gasteiger partial charge in [0.25, 0.3) is 0 Å². The Labute approximate surface area is 211 Å². The second-order valence-corrected chi connectivity index (χ2v) is 12.5. The lowest BCUT2D eigenvalue weighted by Gasteiger charge is -2.10. The van der Waals surface area contributed by atoms with E-state index >= 15 is 0 Å². The molecule has 0 aliphatic carbocycles. The lowest BCUT2D eigenvalue weighted by molar-refractivity contribution is 0.595. The van der Waals surface area contributed by atoms with Crippen molar-refractivity contribution in [2.24, 2.45) is 5.73 Å². The molecule has 166 valence electrons. The summed E-state index contributed by atoms with van der Waals surface area (Å²) in [4.78, 5) is 5.06. The van der Waals surface area contributed by atoms with E-state index in [0.717, 1.165) is 11.1 Å². The minimum atomic E-state index is -3.85. The van der Waals surface area contributed by atoms with E-state index in [1.165, 1.54) is 29.2 Å². The lowest BCUT2D eigenvalue weighted by Crippen LogP contribution is -2.09. The van der Waals surface area contributed by atoms with E-state index in [2.05, 4.69) is 20.9 Å². The van der Waals surface area contributed by atoms with E-state index in [1.807, 2.05) is 4.57 Å². The van der Waals surface area contributed by atoms with Gasteiger partial charge >= 0.3 is 0 Å². The third-order valence-corrected chi connectivity index (χ3v) is 10.2. The highest BCUT2D eigenvalue weighted by Crippen LogP contribution is 2.38. The Morgan fingerprint density at radius 3 is 2.72 bits per heavy atom. The number of thioether (sulfide) groups is 1. The summed E-state index contributed by atoms with van der Waals surface area (Å²) in [6.07, 6.45) is 3.42. The first-order valence-electron chi connectivity index (χ1n) is 8.97. The van der Waals surface area contributed by atoms with Crippen molar-refractivity contribution in [3.63, 3.8) is 0 Å². The number of nitrogen functional groups attached to an aromatic ring is 1. The maximum Gasteiger partial charge on any atom is 0.208 e. The first-order chi connectivity index (χ1) is 15.1. The number of aromatic nitrogens is 2. The number of rotatable bonds is 6. The molecule has 0 amide bonds. The molecule has 6 nitrogen and oxygen atoms in total. The average Bonchev–Trinajstić information content (AvgIpc) is 3.36. The molecule has 0 saturated heterocycles. The van der Waals surface area contributed by atoms with Gasteiger partial charge in [0.15, 0.2) is 0 Å². The summed E-state index contributed by atoms with van der Waals surface area (Å²) < 4.78 is 29.9. The van der Waals surface area contributed by atoms with Gasteiger partial charge in [0.1, 0.15) is 5.84 Å². The number of hydrogen-bond donors (Lipinski definition) is 2. The predicted octanol–water partition coefficient (Wildman–Crippen LogP) is 6.05. The molecule has 0 fully saturated rings. The smallest absolute Gasteiger partial charge is 0.208 e. The molecule has 0 saturated carbocycles. The SMILES string of the molecule is CSc1sc(C(=N)N)cc1S(=O)(=O)c1cc(Br)c2c(c1)ncn2Cc1cc(Cl)ccc1Cl. The van der Waals surface area contributed by atoms with Crippen molar-refractivity contribution in [2.75, 3.05) is 6.26 Å². The fourth-order valence-corrected chi connectivity index (χ4v) is 8.31. The summed E-state index contributed by atoms with van der Waals surface area (Å²) in [6, 6.07) is 9.79. The van der Waals surface area contributed by atoms with Crippen LogP contribution in [0.15, 0.2) is 61.2 Å². The molecular weight excluding hydrogens is 575 g/mol. The van der Waals surface area contributed by atoms with E-state index in [1.54, 1.807) is 42.9 Å². The highest BCUT2D eigenvalue weighted by Gasteiger charge is 2.26. The van der Waals surface area contributed by atoms with Gasteiger partial charge in [0, 0.05) is 14.5 Å². The molecule has 0 aliphatic rings. The highest BCUT2D eigenvalue weighted by atomic mass is 79.9. The number of nitrogens with one attached hydrogen (secondary N) is 1. The summed E-state index contributed by atoms with van der Waals surface area (Å²) in [6.45, 7) is 0.420. The topological polar surface area (TPSA) is 102 Å². The molecule has 0 unspecified atom stereocenters. The predicted molar refractivity (Wildman–Crippen MR) is 136 cm³/mol. The summed E-state index contributed by atoms with van der Waals surface area (Å²) >= 11 is 18.4. The number of thiophene rings is 1. The minimum Gasteiger partial charge on any atom is -0.383 e. The number of halogens is 3. The second-order valence-electron chi connectivity index (χ2n) is 6.76. The molecule has 0 bridgehead atoms. The number of nitrogens with two attached hydrogens (primary N) is 1. The molecule has 2 heterocycles. The zero-order valence-electron chi connectivity index (χ0n) is 16.4. The van der Waals surface area contributed by atoms with Crippen molar-refractivity contribution >= 4 is 88.9 Å². The van der Waals surface area contributed by atoms with Crippen LogP contribution in [-0.4, -0.2) is 30.1 Å². The van der Waals surface area contributed by atoms with Crippen LogP contribution >= 0.6 is 62.2 Å². The van der Waals surface area contributed by atoms with Gasteiger partial charge in [-0.15, -0.1) is 23.1 Å². The Kier molecular flexibility index (Phi) is 6.63. The molecule has 0 atom stereocenters. The Balaban J connectivity index is 1.80. The molecule has 12 heteroatoms. The number of fused-ring (bicyclic) bond motifs is 1. The Bertz CT molecular complexity index is 1480. The van der Waals surface area contributed by atoms with Crippen molar-refractivity contribution in [3.8, 4) is 0 Å². The van der Waals surface area contributed by atoms with Gasteiger partial charge < -0.3 is 10.3 Å². The van der Waals surface area contributed by atoms with Crippen LogP contribution in [0, 0.1) is 5.41 Å². The number of benzene rings is 2. The molecule has 4 rings (SSSR count). The van der Waals surface area contributed by atoms with Crippen LogP contribution < -0.4 is 5.73 Å². The van der Waals surface area contributed by atoms with Gasteiger partial charge in [-0.2, -0.15) is 0 Å². The number of amidine groups is 1. The molecule has 2 aromatic heterocycles. The Morgan fingerprint density at radius 2 is 2.03 bits per heavy atom. The van der Waals surface area contributed by atoms with E-state index in [9.17, 15) is 8.42 Å². The third kappa shape index (κ3) is 4.32. The molecule has 2 aromatic carbocycles. The molecular formula is C20H15BrCl2N4O2S3. The van der Waals surface area contributed by atoms with Gasteiger partial charge in [-0.1, -0.05) is 23.2 Å². The van der Waals surface area contributed by atoms with Crippen molar-refractivity contribution in [3.05, 3.63) is 67.7 Å². The second kappa shape index (κ2) is 9.00. The minimum absolute atomic E-state index is 0.103. The fourth-order valence-electron chi connectivity index (χ4n) is 3.20. The van der Waals surface area contributed by atoms with Crippen molar-refractivity contribution in [1.82, 2.24) is 9.55 Å². The van der Waals surface area contributed by atoms with Gasteiger partial charge in [-0.25, -0.2) is 13.4 Å². The summed E-state index contributed by atoms with van der Waals surface area (Å²) in [7, 11) is -3.85. The summed E-state index contributed by atoms with van der Waals surface area (Å²) in [5.41, 5.74) is 7.64. The third-order valence-electron chi connectivity index (χ3n) is 4.71. The zero-order chi connectivity index (χ0) is 23.2. The first-order valence-corrected chi connectivity index (χ1v) is 14.0. The van der Waals surface area contributed by atoms with Crippen LogP contribution in [0.2, 0.25) is 10.0 Å². The van der Waals surface area contributed by atoms with Crippen LogP contribution in [0.4, 0.5) is 0 Å². The van der Waals surface area contributed by atoms with Crippen LogP contribution in [-0.2, 0) is 16.4 Å². The lowest BCUT2D eigenvalue weighted by atomic mass is 10.2. The van der Waals surface area contributed by atoms with Crippen LogP contribution in [0.5, 0.6) is 0 Å². The number of sulfone groups is 1. The van der Waals surface area contributed by atoms with Crippen molar-refractivity contribution in [1.29, 1.82) is 5.41 Å². The highest BCUT2D eigenvalue weighted by molar-refractivity contribution is 9.10. The molecule has 0 aliphatic heterocycles. The number of nitrogens with zero attached hydrogens (tertiary/aromatic N) is 2. The van der Waals surface area contributed by atoms with Gasteiger partial charge in [-0.05, 0) is 64.1 Å². The summed E-state index contributed by atoms with van der Waals surface area (Å²) in [5, 5.41) is 8.80. The fraction of sp³-hybridized carbons (Fsp3) is 0.100. The number of hydrogen-bond acceptors (Lipinski definition) is 6. The van der Waals surface area contributed by atoms with E-state index in [-0.39, 0.29) is 15.6 Å². The van der Waals surface area contributed by atoms with Crippen LogP contribution in [0.3, 0.4) is 0 Å².